The van der Waals surface area contributed by atoms with Gasteiger partial charge in [0.1, 0.15) is 10.6 Å². The molecule has 0 aliphatic rings. The zero-order chi connectivity index (χ0) is 14.2. The van der Waals surface area contributed by atoms with Gasteiger partial charge in [-0.1, -0.05) is 11.6 Å². The Labute approximate surface area is 116 Å². The number of halogens is 1. The van der Waals surface area contributed by atoms with Gasteiger partial charge in [-0.05, 0) is 38.1 Å². The van der Waals surface area contributed by atoms with Gasteiger partial charge in [0.25, 0.3) is 10.0 Å². The Morgan fingerprint density at radius 2 is 1.95 bits per heavy atom. The third-order valence-corrected chi connectivity index (χ3v) is 4.53. The van der Waals surface area contributed by atoms with Crippen LogP contribution in [0.2, 0.25) is 5.02 Å². The number of ether oxygens (including phenoxy) is 1. The molecule has 0 aliphatic heterocycles. The topological polar surface area (TPSA) is 61.2 Å². The Morgan fingerprint density at radius 3 is 2.47 bits per heavy atom. The Kier molecular flexibility index (Phi) is 3.56. The van der Waals surface area contributed by atoms with E-state index in [0.29, 0.717) is 16.4 Å². The van der Waals surface area contributed by atoms with Crippen molar-refractivity contribution in [2.75, 3.05) is 7.11 Å². The number of nitrogens with zero attached hydrogens (tertiary/aromatic N) is 2. The Hall–Kier alpha value is -1.53. The van der Waals surface area contributed by atoms with Crippen molar-refractivity contribution in [3.63, 3.8) is 0 Å². The smallest absolute Gasteiger partial charge is 0.286 e. The lowest BCUT2D eigenvalue weighted by atomic mass is 10.3. The van der Waals surface area contributed by atoms with Crippen molar-refractivity contribution in [3.8, 4) is 5.75 Å². The first-order valence-electron chi connectivity index (χ1n) is 5.48. The third kappa shape index (κ3) is 2.46. The van der Waals surface area contributed by atoms with E-state index in [4.69, 9.17) is 16.3 Å². The molecular weight excluding hydrogens is 288 g/mol. The van der Waals surface area contributed by atoms with Crippen molar-refractivity contribution in [1.29, 1.82) is 0 Å². The van der Waals surface area contributed by atoms with E-state index < -0.39 is 10.0 Å². The predicted octanol–water partition coefficient (Wildman–Crippen LogP) is 2.40. The molecule has 102 valence electrons. The lowest BCUT2D eigenvalue weighted by Gasteiger charge is -2.11. The van der Waals surface area contributed by atoms with Crippen molar-refractivity contribution in [3.05, 3.63) is 40.7 Å². The van der Waals surface area contributed by atoms with Crippen LogP contribution >= 0.6 is 11.6 Å². The molecule has 0 N–H and O–H groups in total. The van der Waals surface area contributed by atoms with E-state index in [9.17, 15) is 8.42 Å². The molecule has 0 saturated heterocycles. The van der Waals surface area contributed by atoms with Crippen LogP contribution in [0.1, 0.15) is 11.4 Å². The highest BCUT2D eigenvalue weighted by Gasteiger charge is 2.24. The molecule has 0 aliphatic carbocycles. The Bertz CT molecular complexity index is 723. The number of hydrogen-bond donors (Lipinski definition) is 0. The van der Waals surface area contributed by atoms with Gasteiger partial charge in [0.2, 0.25) is 0 Å². The lowest BCUT2D eigenvalue weighted by Crippen LogP contribution is -2.17. The van der Waals surface area contributed by atoms with E-state index in [0.717, 1.165) is 4.09 Å². The number of aromatic nitrogens is 2. The van der Waals surface area contributed by atoms with Crippen LogP contribution in [0.5, 0.6) is 5.75 Å². The standard InChI is InChI=1S/C12H13ClN2O3S/c1-8-6-9(2)15(14-8)19(16,17)12-7-10(13)4-5-11(12)18-3/h4-7H,1-3H3. The van der Waals surface area contributed by atoms with Crippen LogP contribution in [0, 0.1) is 13.8 Å². The van der Waals surface area contributed by atoms with Gasteiger partial charge in [-0.15, -0.1) is 0 Å². The maximum Gasteiger partial charge on any atom is 0.286 e. The first-order valence-corrected chi connectivity index (χ1v) is 7.30. The molecule has 1 aromatic carbocycles. The molecule has 0 atom stereocenters. The van der Waals surface area contributed by atoms with Crippen molar-refractivity contribution in [2.45, 2.75) is 18.7 Å². The van der Waals surface area contributed by atoms with Gasteiger partial charge in [0.05, 0.1) is 18.5 Å². The molecule has 5 nitrogen and oxygen atoms in total. The average Bonchev–Trinajstić information content (AvgIpc) is 2.69. The maximum absolute atomic E-state index is 12.6. The van der Waals surface area contributed by atoms with Crippen LogP contribution in [-0.4, -0.2) is 24.7 Å². The van der Waals surface area contributed by atoms with Crippen molar-refractivity contribution in [1.82, 2.24) is 9.19 Å². The van der Waals surface area contributed by atoms with Gasteiger partial charge < -0.3 is 4.74 Å². The molecule has 2 rings (SSSR count). The van der Waals surface area contributed by atoms with Crippen molar-refractivity contribution < 1.29 is 13.2 Å². The highest BCUT2D eigenvalue weighted by Crippen LogP contribution is 2.29. The minimum atomic E-state index is -3.82. The molecule has 1 aromatic heterocycles. The summed E-state index contributed by atoms with van der Waals surface area (Å²) in [4.78, 5) is -0.00583. The van der Waals surface area contributed by atoms with E-state index in [-0.39, 0.29) is 10.6 Å². The Morgan fingerprint density at radius 1 is 1.26 bits per heavy atom. The van der Waals surface area contributed by atoms with E-state index >= 15 is 0 Å². The number of rotatable bonds is 3. The summed E-state index contributed by atoms with van der Waals surface area (Å²) >= 11 is 5.86. The summed E-state index contributed by atoms with van der Waals surface area (Å²) in [6.45, 7) is 3.41. The first kappa shape index (κ1) is 13.9. The summed E-state index contributed by atoms with van der Waals surface area (Å²) in [7, 11) is -2.41. The zero-order valence-corrected chi connectivity index (χ0v) is 12.3. The normalized spacial score (nSPS) is 11.6. The summed E-state index contributed by atoms with van der Waals surface area (Å²) in [5.74, 6) is 0.233. The van der Waals surface area contributed by atoms with Crippen LogP contribution in [0.15, 0.2) is 29.2 Å². The molecule has 0 fully saturated rings. The molecule has 0 bridgehead atoms. The Balaban J connectivity index is 2.69. The predicted molar refractivity (Wildman–Crippen MR) is 72.3 cm³/mol. The molecule has 19 heavy (non-hydrogen) atoms. The molecule has 0 amide bonds. The fourth-order valence-corrected chi connectivity index (χ4v) is 3.57. The first-order chi connectivity index (χ1) is 8.86. The van der Waals surface area contributed by atoms with Crippen LogP contribution in [0.25, 0.3) is 0 Å². The number of aryl methyl sites for hydroxylation is 2. The summed E-state index contributed by atoms with van der Waals surface area (Å²) in [6.07, 6.45) is 0. The highest BCUT2D eigenvalue weighted by atomic mass is 35.5. The van der Waals surface area contributed by atoms with Crippen molar-refractivity contribution >= 4 is 21.6 Å². The van der Waals surface area contributed by atoms with Gasteiger partial charge in [0.15, 0.2) is 0 Å². The summed E-state index contributed by atoms with van der Waals surface area (Å²) in [6, 6.07) is 6.13. The second-order valence-corrected chi connectivity index (χ2v) is 6.24. The second-order valence-electron chi connectivity index (χ2n) is 4.07. The average molecular weight is 301 g/mol. The largest absolute Gasteiger partial charge is 0.495 e. The minimum Gasteiger partial charge on any atom is -0.495 e. The quantitative estimate of drug-likeness (QED) is 0.873. The van der Waals surface area contributed by atoms with Crippen LogP contribution in [0.3, 0.4) is 0 Å². The van der Waals surface area contributed by atoms with Gasteiger partial charge in [-0.25, -0.2) is 0 Å². The third-order valence-electron chi connectivity index (χ3n) is 2.60. The zero-order valence-electron chi connectivity index (χ0n) is 10.7. The fraction of sp³-hybridized carbons (Fsp3) is 0.250. The van der Waals surface area contributed by atoms with Gasteiger partial charge >= 0.3 is 0 Å². The number of methoxy groups -OCH3 is 1. The highest BCUT2D eigenvalue weighted by molar-refractivity contribution is 7.90. The van der Waals surface area contributed by atoms with Crippen LogP contribution < -0.4 is 4.74 Å². The SMILES string of the molecule is COc1ccc(Cl)cc1S(=O)(=O)n1nc(C)cc1C. The summed E-state index contributed by atoms with van der Waals surface area (Å²) < 4.78 is 31.2. The van der Waals surface area contributed by atoms with E-state index in [1.807, 2.05) is 0 Å². The van der Waals surface area contributed by atoms with E-state index in [1.165, 1.54) is 19.2 Å². The molecule has 2 aromatic rings. The molecule has 0 saturated carbocycles. The molecular formula is C12H13ClN2O3S. The van der Waals surface area contributed by atoms with Crippen LogP contribution in [-0.2, 0) is 10.0 Å². The second kappa shape index (κ2) is 4.86. The minimum absolute atomic E-state index is 0.00583. The molecule has 0 spiro atoms. The molecule has 0 unspecified atom stereocenters. The maximum atomic E-state index is 12.6. The summed E-state index contributed by atoms with van der Waals surface area (Å²) in [5, 5.41) is 4.31. The van der Waals surface area contributed by atoms with Gasteiger partial charge in [-0.2, -0.15) is 17.6 Å². The molecule has 7 heteroatoms. The lowest BCUT2D eigenvalue weighted by molar-refractivity contribution is 0.402. The van der Waals surface area contributed by atoms with E-state index in [2.05, 4.69) is 5.10 Å². The van der Waals surface area contributed by atoms with E-state index in [1.54, 1.807) is 26.0 Å². The fourth-order valence-electron chi connectivity index (χ4n) is 1.80. The summed E-state index contributed by atoms with van der Waals surface area (Å²) in [5.41, 5.74) is 1.15. The monoisotopic (exact) mass is 300 g/mol. The van der Waals surface area contributed by atoms with Crippen molar-refractivity contribution in [2.24, 2.45) is 0 Å². The number of hydrogen-bond acceptors (Lipinski definition) is 4. The van der Waals surface area contributed by atoms with Gasteiger partial charge in [-0.3, -0.25) is 0 Å². The van der Waals surface area contributed by atoms with Crippen LogP contribution in [0.4, 0.5) is 0 Å². The number of benzene rings is 1. The molecule has 0 radical (unpaired) electrons. The van der Waals surface area contributed by atoms with Gasteiger partial charge in [0, 0.05) is 5.02 Å². The molecule has 1 heterocycles.